The molecule has 2 N–H and O–H groups in total. The van der Waals surface area contributed by atoms with Crippen molar-refractivity contribution in [2.75, 3.05) is 33.6 Å². The molecule has 0 spiro atoms. The number of H-pyrrole nitrogens is 1. The van der Waals surface area contributed by atoms with Gasteiger partial charge in [-0.3, -0.25) is 4.79 Å². The molecule has 0 atom stereocenters. The van der Waals surface area contributed by atoms with E-state index in [1.54, 1.807) is 13.2 Å². The molecule has 0 aliphatic carbocycles. The molecule has 0 saturated carbocycles. The van der Waals surface area contributed by atoms with Crippen LogP contribution in [0.15, 0.2) is 47.3 Å². The highest BCUT2D eigenvalue weighted by atomic mass is 32.1. The van der Waals surface area contributed by atoms with Crippen molar-refractivity contribution in [3.63, 3.8) is 0 Å². The molecule has 174 valence electrons. The van der Waals surface area contributed by atoms with Crippen molar-refractivity contribution in [2.24, 2.45) is 0 Å². The van der Waals surface area contributed by atoms with Crippen molar-refractivity contribution in [1.29, 1.82) is 0 Å². The maximum absolute atomic E-state index is 12.9. The molecular formula is C25H29N3O4S. The van der Waals surface area contributed by atoms with E-state index in [1.807, 2.05) is 17.0 Å². The number of thiocarbonyl (C=S) groups is 1. The van der Waals surface area contributed by atoms with Crippen molar-refractivity contribution < 1.29 is 14.2 Å². The number of hydrogen-bond acceptors (Lipinski definition) is 5. The molecule has 2 aromatic carbocycles. The standard InChI is InChI=1S/C25H29N3O4S/c1-17-5-3-6-18(11-17)7-9-28(25(33)26-8-4-10-30-2)15-20-12-19-13-22-23(32-16-31-22)14-21(19)27-24(20)29/h3,5-6,11-14H,4,7-10,15-16H2,1-2H3,(H,26,33)(H,27,29). The number of benzene rings is 2. The molecule has 1 aromatic heterocycles. The van der Waals surface area contributed by atoms with Crippen molar-refractivity contribution in [2.45, 2.75) is 26.3 Å². The summed E-state index contributed by atoms with van der Waals surface area (Å²) in [5.41, 5.74) is 3.70. The summed E-state index contributed by atoms with van der Waals surface area (Å²) in [7, 11) is 1.69. The molecule has 1 aliphatic heterocycles. The fraction of sp³-hybridized carbons (Fsp3) is 0.360. The second kappa shape index (κ2) is 10.7. The Morgan fingerprint density at radius 2 is 2.03 bits per heavy atom. The van der Waals surface area contributed by atoms with Crippen LogP contribution in [-0.4, -0.2) is 48.6 Å². The number of hydrogen-bond donors (Lipinski definition) is 2. The smallest absolute Gasteiger partial charge is 0.253 e. The number of aromatic nitrogens is 1. The Hall–Kier alpha value is -3.10. The molecule has 0 radical (unpaired) electrons. The first kappa shape index (κ1) is 23.1. The number of aryl methyl sites for hydroxylation is 1. The Kier molecular flexibility index (Phi) is 7.47. The molecule has 1 aliphatic rings. The lowest BCUT2D eigenvalue weighted by Crippen LogP contribution is -2.42. The zero-order valence-electron chi connectivity index (χ0n) is 19.0. The van der Waals surface area contributed by atoms with Crippen molar-refractivity contribution >= 4 is 28.2 Å². The van der Waals surface area contributed by atoms with Gasteiger partial charge >= 0.3 is 0 Å². The van der Waals surface area contributed by atoms with Gasteiger partial charge in [0.25, 0.3) is 5.56 Å². The van der Waals surface area contributed by atoms with E-state index in [0.29, 0.717) is 48.4 Å². The number of fused-ring (bicyclic) bond motifs is 2. The van der Waals surface area contributed by atoms with E-state index in [1.165, 1.54) is 11.1 Å². The van der Waals surface area contributed by atoms with Crippen LogP contribution in [0.5, 0.6) is 11.5 Å². The van der Waals surface area contributed by atoms with Crippen LogP contribution in [0.2, 0.25) is 0 Å². The number of nitrogens with one attached hydrogen (secondary N) is 2. The van der Waals surface area contributed by atoms with Crippen LogP contribution in [-0.2, 0) is 17.7 Å². The number of ether oxygens (including phenoxy) is 3. The van der Waals surface area contributed by atoms with E-state index in [4.69, 9.17) is 26.4 Å². The Balaban J connectivity index is 1.54. The SMILES string of the molecule is COCCCNC(=S)N(CCc1cccc(C)c1)Cc1cc2cc3c(cc2[nH]c1=O)OCO3. The molecule has 2 heterocycles. The van der Waals surface area contributed by atoms with Gasteiger partial charge in [0.2, 0.25) is 6.79 Å². The first-order valence-electron chi connectivity index (χ1n) is 11.1. The van der Waals surface area contributed by atoms with Gasteiger partial charge in [0.15, 0.2) is 16.6 Å². The molecular weight excluding hydrogens is 438 g/mol. The Labute approximate surface area is 198 Å². The molecule has 0 saturated heterocycles. The van der Waals surface area contributed by atoms with Gasteiger partial charge in [0, 0.05) is 43.8 Å². The van der Waals surface area contributed by atoms with Crippen LogP contribution < -0.4 is 20.3 Å². The summed E-state index contributed by atoms with van der Waals surface area (Å²) < 4.78 is 16.0. The van der Waals surface area contributed by atoms with Crippen molar-refractivity contribution in [1.82, 2.24) is 15.2 Å². The van der Waals surface area contributed by atoms with Gasteiger partial charge in [-0.15, -0.1) is 0 Å². The number of aromatic amines is 1. The lowest BCUT2D eigenvalue weighted by Gasteiger charge is -2.26. The van der Waals surface area contributed by atoms with Crippen molar-refractivity contribution in [3.8, 4) is 11.5 Å². The first-order chi connectivity index (χ1) is 16.0. The minimum Gasteiger partial charge on any atom is -0.454 e. The third-order valence-corrected chi connectivity index (χ3v) is 6.02. The topological polar surface area (TPSA) is 75.8 Å². The van der Waals surface area contributed by atoms with Crippen LogP contribution in [0.3, 0.4) is 0 Å². The van der Waals surface area contributed by atoms with E-state index < -0.39 is 0 Å². The third kappa shape index (κ3) is 5.83. The number of methoxy groups -OCH3 is 1. The van der Waals surface area contributed by atoms with E-state index in [9.17, 15) is 4.79 Å². The molecule has 0 bridgehead atoms. The molecule has 0 amide bonds. The highest BCUT2D eigenvalue weighted by Gasteiger charge is 2.17. The zero-order chi connectivity index (χ0) is 23.2. The van der Waals surface area contributed by atoms with Crippen LogP contribution >= 0.6 is 12.2 Å². The summed E-state index contributed by atoms with van der Waals surface area (Å²) in [5, 5.41) is 4.83. The maximum atomic E-state index is 12.9. The van der Waals surface area contributed by atoms with Gasteiger partial charge in [-0.1, -0.05) is 29.8 Å². The lowest BCUT2D eigenvalue weighted by molar-refractivity contribution is 0.174. The number of rotatable bonds is 9. The van der Waals surface area contributed by atoms with Gasteiger partial charge in [-0.2, -0.15) is 0 Å². The fourth-order valence-corrected chi connectivity index (χ4v) is 4.13. The molecule has 4 rings (SSSR count). The zero-order valence-corrected chi connectivity index (χ0v) is 19.8. The van der Waals surface area contributed by atoms with Crippen LogP contribution in [0, 0.1) is 6.92 Å². The quantitative estimate of drug-likeness (QED) is 0.368. The summed E-state index contributed by atoms with van der Waals surface area (Å²) in [5.74, 6) is 1.33. The summed E-state index contributed by atoms with van der Waals surface area (Å²) in [6, 6.07) is 14.1. The Morgan fingerprint density at radius 1 is 1.21 bits per heavy atom. The van der Waals surface area contributed by atoms with Gasteiger partial charge in [-0.05, 0) is 49.7 Å². The number of pyridine rings is 1. The third-order valence-electron chi connectivity index (χ3n) is 5.62. The number of nitrogens with zero attached hydrogens (tertiary/aromatic N) is 1. The minimum atomic E-state index is -0.135. The van der Waals surface area contributed by atoms with Crippen LogP contribution in [0.25, 0.3) is 10.9 Å². The van der Waals surface area contributed by atoms with E-state index in [-0.39, 0.29) is 12.4 Å². The maximum Gasteiger partial charge on any atom is 0.253 e. The van der Waals surface area contributed by atoms with Crippen LogP contribution in [0.1, 0.15) is 23.1 Å². The second-order valence-electron chi connectivity index (χ2n) is 8.16. The van der Waals surface area contributed by atoms with Gasteiger partial charge < -0.3 is 29.4 Å². The summed E-state index contributed by atoms with van der Waals surface area (Å²) in [6.07, 6.45) is 1.68. The van der Waals surface area contributed by atoms with Crippen molar-refractivity contribution in [3.05, 3.63) is 69.5 Å². The molecule has 33 heavy (non-hydrogen) atoms. The largest absolute Gasteiger partial charge is 0.454 e. The summed E-state index contributed by atoms with van der Waals surface area (Å²) in [6.45, 7) is 4.76. The molecule has 7 nitrogen and oxygen atoms in total. The van der Waals surface area contributed by atoms with Gasteiger partial charge in [-0.25, -0.2) is 0 Å². The monoisotopic (exact) mass is 467 g/mol. The highest BCUT2D eigenvalue weighted by molar-refractivity contribution is 7.80. The average molecular weight is 468 g/mol. The van der Waals surface area contributed by atoms with Gasteiger partial charge in [0.05, 0.1) is 12.1 Å². The molecule has 0 unspecified atom stereocenters. The Morgan fingerprint density at radius 3 is 2.82 bits per heavy atom. The van der Waals surface area contributed by atoms with E-state index >= 15 is 0 Å². The summed E-state index contributed by atoms with van der Waals surface area (Å²) in [4.78, 5) is 17.9. The molecule has 3 aromatic rings. The first-order valence-corrected chi connectivity index (χ1v) is 11.5. The normalized spacial score (nSPS) is 12.2. The summed E-state index contributed by atoms with van der Waals surface area (Å²) >= 11 is 5.69. The lowest BCUT2D eigenvalue weighted by atomic mass is 10.1. The predicted molar refractivity (Wildman–Crippen MR) is 133 cm³/mol. The van der Waals surface area contributed by atoms with E-state index in [2.05, 4.69) is 41.5 Å². The van der Waals surface area contributed by atoms with Crippen LogP contribution in [0.4, 0.5) is 0 Å². The molecule has 0 fully saturated rings. The predicted octanol–water partition coefficient (Wildman–Crippen LogP) is 3.52. The van der Waals surface area contributed by atoms with Gasteiger partial charge in [0.1, 0.15) is 0 Å². The molecule has 8 heteroatoms. The second-order valence-corrected chi connectivity index (χ2v) is 8.54. The highest BCUT2D eigenvalue weighted by Crippen LogP contribution is 2.35. The van der Waals surface area contributed by atoms with E-state index in [0.717, 1.165) is 23.7 Å². The Bertz CT molecular complexity index is 1190. The average Bonchev–Trinajstić information content (AvgIpc) is 3.25. The minimum absolute atomic E-state index is 0.135. The fourth-order valence-electron chi connectivity index (χ4n) is 3.87.